The second-order valence-corrected chi connectivity index (χ2v) is 8.46. The van der Waals surface area contributed by atoms with Gasteiger partial charge in [-0.25, -0.2) is 4.68 Å². The number of ether oxygens (including phenoxy) is 1. The summed E-state index contributed by atoms with van der Waals surface area (Å²) in [5, 5.41) is 7.50. The first-order chi connectivity index (χ1) is 15.8. The molecule has 33 heavy (non-hydrogen) atoms. The van der Waals surface area contributed by atoms with Gasteiger partial charge in [0.2, 0.25) is 5.95 Å². The molecule has 2 aliphatic heterocycles. The van der Waals surface area contributed by atoms with Crippen LogP contribution in [0.15, 0.2) is 48.8 Å². The molecule has 2 saturated heterocycles. The topological polar surface area (TPSA) is 58.5 Å². The van der Waals surface area contributed by atoms with Crippen molar-refractivity contribution in [3.05, 3.63) is 59.9 Å². The number of benzene rings is 2. The number of nitrogens with one attached hydrogen (secondary N) is 1. The second-order valence-electron chi connectivity index (χ2n) is 8.46. The maximum Gasteiger partial charge on any atom is 0.416 e. The summed E-state index contributed by atoms with van der Waals surface area (Å²) in [5.74, 6) is 0.318. The summed E-state index contributed by atoms with van der Waals surface area (Å²) in [4.78, 5) is 9.07. The van der Waals surface area contributed by atoms with E-state index in [1.54, 1.807) is 6.07 Å². The highest BCUT2D eigenvalue weighted by molar-refractivity contribution is 5.64. The molecule has 1 aromatic heterocycles. The molecule has 0 amide bonds. The molecule has 0 aliphatic carbocycles. The Hall–Kier alpha value is -3.11. The van der Waals surface area contributed by atoms with Crippen LogP contribution >= 0.6 is 0 Å². The van der Waals surface area contributed by atoms with Gasteiger partial charge in [0, 0.05) is 37.6 Å². The largest absolute Gasteiger partial charge is 0.416 e. The van der Waals surface area contributed by atoms with E-state index < -0.39 is 11.7 Å². The molecule has 0 saturated carbocycles. The van der Waals surface area contributed by atoms with E-state index in [1.165, 1.54) is 17.1 Å². The number of nitrogens with zero attached hydrogens (tertiary/aromatic N) is 5. The quantitative estimate of drug-likeness (QED) is 0.627. The van der Waals surface area contributed by atoms with Crippen LogP contribution in [-0.4, -0.2) is 65.1 Å². The third-order valence-corrected chi connectivity index (χ3v) is 6.06. The van der Waals surface area contributed by atoms with Crippen LogP contribution in [-0.2, 0) is 10.9 Å². The predicted octanol–water partition coefficient (Wildman–Crippen LogP) is 3.86. The number of aryl methyl sites for hydroxylation is 1. The molecule has 5 rings (SSSR count). The zero-order valence-electron chi connectivity index (χ0n) is 18.2. The summed E-state index contributed by atoms with van der Waals surface area (Å²) < 4.78 is 45.7. The zero-order chi connectivity index (χ0) is 23.0. The second kappa shape index (κ2) is 8.68. The molecule has 7 nitrogen and oxygen atoms in total. The monoisotopic (exact) mass is 458 g/mol. The molecule has 0 spiro atoms. The van der Waals surface area contributed by atoms with Gasteiger partial charge in [-0.1, -0.05) is 6.07 Å². The molecular formula is C23H25F3N6O. The highest BCUT2D eigenvalue weighted by Gasteiger charge is 2.31. The fourth-order valence-electron chi connectivity index (χ4n) is 4.20. The number of aromatic nitrogens is 3. The summed E-state index contributed by atoms with van der Waals surface area (Å²) in [7, 11) is 0. The van der Waals surface area contributed by atoms with Crippen molar-refractivity contribution < 1.29 is 17.9 Å². The van der Waals surface area contributed by atoms with Crippen molar-refractivity contribution in [1.82, 2.24) is 19.7 Å². The molecule has 2 fully saturated rings. The van der Waals surface area contributed by atoms with Crippen molar-refractivity contribution in [2.75, 3.05) is 49.6 Å². The van der Waals surface area contributed by atoms with E-state index in [9.17, 15) is 13.2 Å². The minimum absolute atomic E-state index is 0.296. The van der Waals surface area contributed by atoms with Gasteiger partial charge in [0.1, 0.15) is 6.33 Å². The number of alkyl halides is 3. The van der Waals surface area contributed by atoms with Crippen molar-refractivity contribution >= 4 is 17.3 Å². The van der Waals surface area contributed by atoms with Crippen LogP contribution in [0, 0.1) is 6.92 Å². The average Bonchev–Trinajstić information content (AvgIpc) is 3.21. The molecule has 2 aromatic carbocycles. The number of halogens is 3. The fraction of sp³-hybridized carbons (Fsp3) is 0.391. The third-order valence-electron chi connectivity index (χ3n) is 6.06. The van der Waals surface area contributed by atoms with Crippen molar-refractivity contribution in [2.45, 2.75) is 19.1 Å². The summed E-state index contributed by atoms with van der Waals surface area (Å²) >= 11 is 0. The molecule has 10 heteroatoms. The standard InChI is InChI=1S/C23H25F3N6O/c1-16-9-18(12-20(10-16)30-5-7-31(8-6-30)21-13-33-14-21)28-22-27-15-32(29-22)19-4-2-3-17(11-19)23(24,25)26/h2-4,9-12,15,21H,5-8,13-14H2,1H3,(H,28,29). The predicted molar refractivity (Wildman–Crippen MR) is 119 cm³/mol. The lowest BCUT2D eigenvalue weighted by Crippen LogP contribution is -2.56. The van der Waals surface area contributed by atoms with Crippen LogP contribution in [0.1, 0.15) is 11.1 Å². The minimum Gasteiger partial charge on any atom is -0.378 e. The smallest absolute Gasteiger partial charge is 0.378 e. The normalized spacial score (nSPS) is 17.8. The molecule has 0 unspecified atom stereocenters. The van der Waals surface area contributed by atoms with Gasteiger partial charge in [-0.15, -0.1) is 5.10 Å². The Kier molecular flexibility index (Phi) is 5.71. The number of anilines is 3. The van der Waals surface area contributed by atoms with Crippen LogP contribution in [0.25, 0.3) is 5.69 Å². The van der Waals surface area contributed by atoms with Crippen LogP contribution in [0.4, 0.5) is 30.5 Å². The lowest BCUT2D eigenvalue weighted by atomic mass is 10.1. The van der Waals surface area contributed by atoms with Crippen LogP contribution in [0.5, 0.6) is 0 Å². The lowest BCUT2D eigenvalue weighted by Gasteiger charge is -2.43. The van der Waals surface area contributed by atoms with E-state index in [1.807, 2.05) is 13.0 Å². The van der Waals surface area contributed by atoms with Crippen LogP contribution in [0.3, 0.4) is 0 Å². The molecule has 0 radical (unpaired) electrons. The molecule has 2 aliphatic rings. The molecule has 0 bridgehead atoms. The average molecular weight is 458 g/mol. The number of rotatable bonds is 5. The summed E-state index contributed by atoms with van der Waals surface area (Å²) in [6.07, 6.45) is -3.01. The molecule has 3 aromatic rings. The Labute approximate surface area is 189 Å². The van der Waals surface area contributed by atoms with Crippen molar-refractivity contribution in [2.24, 2.45) is 0 Å². The van der Waals surface area contributed by atoms with E-state index in [0.29, 0.717) is 17.7 Å². The maximum atomic E-state index is 13.0. The zero-order valence-corrected chi connectivity index (χ0v) is 18.2. The fourth-order valence-corrected chi connectivity index (χ4v) is 4.20. The Morgan fingerprint density at radius 1 is 1.00 bits per heavy atom. The molecule has 0 atom stereocenters. The van der Waals surface area contributed by atoms with Crippen molar-refractivity contribution in [1.29, 1.82) is 0 Å². The van der Waals surface area contributed by atoms with E-state index in [-0.39, 0.29) is 0 Å². The number of hydrogen-bond donors (Lipinski definition) is 1. The lowest BCUT2D eigenvalue weighted by molar-refractivity contribution is -0.137. The minimum atomic E-state index is -4.41. The Morgan fingerprint density at radius 2 is 1.79 bits per heavy atom. The SMILES string of the molecule is Cc1cc(Nc2ncn(-c3cccc(C(F)(F)F)c3)n2)cc(N2CCN(C3COC3)CC2)c1. The van der Waals surface area contributed by atoms with Gasteiger partial charge in [-0.05, 0) is 48.9 Å². The van der Waals surface area contributed by atoms with E-state index in [0.717, 1.165) is 68.5 Å². The van der Waals surface area contributed by atoms with Crippen LogP contribution < -0.4 is 10.2 Å². The number of piperazine rings is 1. The summed E-state index contributed by atoms with van der Waals surface area (Å²) in [6.45, 7) is 7.60. The Morgan fingerprint density at radius 3 is 2.48 bits per heavy atom. The van der Waals surface area contributed by atoms with Crippen LogP contribution in [0.2, 0.25) is 0 Å². The maximum absolute atomic E-state index is 13.0. The highest BCUT2D eigenvalue weighted by atomic mass is 19.4. The van der Waals surface area contributed by atoms with Gasteiger partial charge in [-0.3, -0.25) is 4.90 Å². The van der Waals surface area contributed by atoms with Crippen molar-refractivity contribution in [3.63, 3.8) is 0 Å². The third kappa shape index (κ3) is 4.81. The van der Waals surface area contributed by atoms with E-state index >= 15 is 0 Å². The Balaban J connectivity index is 1.29. The van der Waals surface area contributed by atoms with Gasteiger partial charge in [0.15, 0.2) is 0 Å². The van der Waals surface area contributed by atoms with Crippen molar-refractivity contribution in [3.8, 4) is 5.69 Å². The first-order valence-corrected chi connectivity index (χ1v) is 10.9. The highest BCUT2D eigenvalue weighted by Crippen LogP contribution is 2.30. The van der Waals surface area contributed by atoms with E-state index in [4.69, 9.17) is 4.74 Å². The molecular weight excluding hydrogens is 433 g/mol. The van der Waals surface area contributed by atoms with Gasteiger partial charge < -0.3 is 15.0 Å². The molecule has 174 valence electrons. The van der Waals surface area contributed by atoms with E-state index in [2.05, 4.69) is 37.3 Å². The van der Waals surface area contributed by atoms with Gasteiger partial charge >= 0.3 is 6.18 Å². The first kappa shape index (κ1) is 21.7. The number of hydrogen-bond acceptors (Lipinski definition) is 6. The Bertz CT molecular complexity index is 1120. The van der Waals surface area contributed by atoms with Gasteiger partial charge in [0.05, 0.1) is 30.5 Å². The summed E-state index contributed by atoms with van der Waals surface area (Å²) in [6, 6.07) is 11.8. The van der Waals surface area contributed by atoms with Gasteiger partial charge in [0.25, 0.3) is 0 Å². The molecule has 1 N–H and O–H groups in total. The van der Waals surface area contributed by atoms with Gasteiger partial charge in [-0.2, -0.15) is 18.2 Å². The first-order valence-electron chi connectivity index (χ1n) is 10.9. The summed E-state index contributed by atoms with van der Waals surface area (Å²) in [5.41, 5.74) is 2.63. The molecule has 3 heterocycles.